The van der Waals surface area contributed by atoms with E-state index in [-0.39, 0.29) is 0 Å². The molecular weight excluding hydrogens is 334 g/mol. The third-order valence-corrected chi connectivity index (χ3v) is 5.94. The molecule has 5 heteroatoms. The summed E-state index contributed by atoms with van der Waals surface area (Å²) in [6.45, 7) is 5.28. The van der Waals surface area contributed by atoms with E-state index < -0.39 is 0 Å². The first kappa shape index (κ1) is 17.9. The van der Waals surface area contributed by atoms with Crippen LogP contribution in [0.5, 0.6) is 0 Å². The first-order valence-corrected chi connectivity index (χ1v) is 10.1. The lowest BCUT2D eigenvalue weighted by atomic mass is 10.1. The molecule has 27 heavy (non-hydrogen) atoms. The van der Waals surface area contributed by atoms with E-state index in [0.717, 1.165) is 43.3 Å². The lowest BCUT2D eigenvalue weighted by Gasteiger charge is -2.20. The molecule has 0 spiro atoms. The Hall–Kier alpha value is -2.45. The average molecular weight is 361 g/mol. The fraction of sp³-hybridized carbons (Fsp3) is 0.500. The molecule has 1 aliphatic carbocycles. The van der Waals surface area contributed by atoms with Crippen LogP contribution >= 0.6 is 0 Å². The minimum atomic E-state index is 0.418. The van der Waals surface area contributed by atoms with Crippen molar-refractivity contribution in [1.82, 2.24) is 19.9 Å². The molecule has 0 aliphatic heterocycles. The van der Waals surface area contributed by atoms with E-state index in [4.69, 9.17) is 10.2 Å². The zero-order chi connectivity index (χ0) is 18.8. The fourth-order valence-electron chi connectivity index (χ4n) is 4.35. The number of aromatic nitrogens is 3. The van der Waals surface area contributed by atoms with Gasteiger partial charge in [-0.1, -0.05) is 32.0 Å². The van der Waals surface area contributed by atoms with Gasteiger partial charge >= 0.3 is 0 Å². The molecular formula is C22H27N5. The predicted octanol–water partition coefficient (Wildman–Crippen LogP) is 4.69. The molecule has 1 N–H and O–H groups in total. The second-order valence-electron chi connectivity index (χ2n) is 7.68. The predicted molar refractivity (Wildman–Crippen MR) is 109 cm³/mol. The lowest BCUT2D eigenvalue weighted by molar-refractivity contribution is 0.462. The van der Waals surface area contributed by atoms with Crippen molar-refractivity contribution in [3.8, 4) is 6.07 Å². The number of pyridine rings is 1. The van der Waals surface area contributed by atoms with Crippen LogP contribution in [0.15, 0.2) is 30.5 Å². The summed E-state index contributed by atoms with van der Waals surface area (Å²) >= 11 is 0. The minimum Gasteiger partial charge on any atom is -0.324 e. The van der Waals surface area contributed by atoms with Gasteiger partial charge in [0.25, 0.3) is 0 Å². The highest BCUT2D eigenvalue weighted by Gasteiger charge is 2.30. The van der Waals surface area contributed by atoms with Gasteiger partial charge in [-0.15, -0.1) is 0 Å². The van der Waals surface area contributed by atoms with Crippen molar-refractivity contribution in [2.75, 3.05) is 6.54 Å². The van der Waals surface area contributed by atoms with Crippen molar-refractivity contribution in [3.05, 3.63) is 36.3 Å². The summed E-state index contributed by atoms with van der Waals surface area (Å²) in [6, 6.07) is 11.5. The Morgan fingerprint density at radius 1 is 1.30 bits per heavy atom. The molecule has 3 atom stereocenters. The molecule has 1 aromatic carbocycles. The maximum atomic E-state index is 8.78. The van der Waals surface area contributed by atoms with Crippen LogP contribution in [0.3, 0.4) is 0 Å². The Morgan fingerprint density at radius 2 is 2.15 bits per heavy atom. The summed E-state index contributed by atoms with van der Waals surface area (Å²) in [7, 11) is 0. The molecule has 1 saturated carbocycles. The number of imidazole rings is 1. The Kier molecular flexibility index (Phi) is 5.09. The number of hydrogen-bond acceptors (Lipinski definition) is 4. The molecule has 4 rings (SSSR count). The van der Waals surface area contributed by atoms with Crippen molar-refractivity contribution in [3.63, 3.8) is 0 Å². The summed E-state index contributed by atoms with van der Waals surface area (Å²) in [6.07, 6.45) is 6.97. The molecule has 2 heterocycles. The van der Waals surface area contributed by atoms with Crippen molar-refractivity contribution in [2.45, 2.75) is 64.0 Å². The Labute approximate surface area is 160 Å². The van der Waals surface area contributed by atoms with Gasteiger partial charge in [-0.25, -0.2) is 4.98 Å². The smallest absolute Gasteiger partial charge is 0.113 e. The highest BCUT2D eigenvalue weighted by molar-refractivity contribution is 6.02. The largest absolute Gasteiger partial charge is 0.324 e. The first-order valence-electron chi connectivity index (χ1n) is 10.1. The van der Waals surface area contributed by atoms with Gasteiger partial charge in [0.05, 0.1) is 23.3 Å². The summed E-state index contributed by atoms with van der Waals surface area (Å²) in [5.41, 5.74) is 3.27. The summed E-state index contributed by atoms with van der Waals surface area (Å²) in [5.74, 6) is 1.61. The van der Waals surface area contributed by atoms with E-state index in [9.17, 15) is 0 Å². The van der Waals surface area contributed by atoms with Gasteiger partial charge in [0.15, 0.2) is 0 Å². The van der Waals surface area contributed by atoms with E-state index in [1.165, 1.54) is 16.7 Å². The summed E-state index contributed by atoms with van der Waals surface area (Å²) < 4.78 is 2.51. The van der Waals surface area contributed by atoms with Crippen molar-refractivity contribution in [1.29, 1.82) is 5.26 Å². The van der Waals surface area contributed by atoms with Crippen molar-refractivity contribution >= 4 is 21.9 Å². The zero-order valence-electron chi connectivity index (χ0n) is 16.2. The quantitative estimate of drug-likeness (QED) is 0.647. The Morgan fingerprint density at radius 3 is 2.96 bits per heavy atom. The maximum Gasteiger partial charge on any atom is 0.113 e. The van der Waals surface area contributed by atoms with Gasteiger partial charge in [-0.3, -0.25) is 4.98 Å². The Balaban J connectivity index is 1.78. The molecule has 0 amide bonds. The zero-order valence-corrected chi connectivity index (χ0v) is 16.2. The van der Waals surface area contributed by atoms with Crippen molar-refractivity contribution in [2.24, 2.45) is 0 Å². The molecule has 3 unspecified atom stereocenters. The third-order valence-electron chi connectivity index (χ3n) is 5.94. The number of nitrogens with one attached hydrogen (secondary N) is 1. The van der Waals surface area contributed by atoms with Crippen LogP contribution in [0, 0.1) is 11.3 Å². The highest BCUT2D eigenvalue weighted by Crippen LogP contribution is 2.38. The van der Waals surface area contributed by atoms with Gasteiger partial charge in [0.1, 0.15) is 11.3 Å². The first-order chi connectivity index (χ1) is 13.2. The molecule has 1 fully saturated rings. The van der Waals surface area contributed by atoms with Gasteiger partial charge < -0.3 is 9.88 Å². The number of benzene rings is 1. The number of para-hydroxylation sites is 1. The van der Waals surface area contributed by atoms with E-state index in [2.05, 4.69) is 53.0 Å². The standard InChI is InChI=1S/C22H27N5/c1-3-15(2)22-26-20-14-25-19-8-5-4-7-18(19)21(20)27(22)17-10-9-16(13-17)24-12-6-11-23/h4-5,7-8,14-17,24H,3,6,9-10,12-13H2,1-2H3. The molecule has 2 aromatic heterocycles. The third kappa shape index (κ3) is 3.30. The molecule has 1 aliphatic rings. The van der Waals surface area contributed by atoms with Crippen LogP contribution in [-0.4, -0.2) is 27.1 Å². The second-order valence-corrected chi connectivity index (χ2v) is 7.68. The van der Waals surface area contributed by atoms with E-state index in [1.807, 2.05) is 12.3 Å². The number of nitriles is 1. The number of nitrogens with zero attached hydrogens (tertiary/aromatic N) is 4. The molecule has 5 nitrogen and oxygen atoms in total. The topological polar surface area (TPSA) is 66.5 Å². The number of fused-ring (bicyclic) bond motifs is 3. The number of rotatable bonds is 6. The fourth-order valence-corrected chi connectivity index (χ4v) is 4.35. The van der Waals surface area contributed by atoms with Gasteiger partial charge in [0.2, 0.25) is 0 Å². The SMILES string of the molecule is CCC(C)c1nc2cnc3ccccc3c2n1C1CCC(NCCC#N)C1. The van der Waals surface area contributed by atoms with Crippen molar-refractivity contribution < 1.29 is 0 Å². The van der Waals surface area contributed by atoms with Crippen LogP contribution in [0.2, 0.25) is 0 Å². The summed E-state index contributed by atoms with van der Waals surface area (Å²) in [5, 5.41) is 13.5. The van der Waals surface area contributed by atoms with Gasteiger partial charge in [-0.05, 0) is 31.7 Å². The van der Waals surface area contributed by atoms with Crippen LogP contribution in [-0.2, 0) is 0 Å². The van der Waals surface area contributed by atoms with E-state index >= 15 is 0 Å². The second kappa shape index (κ2) is 7.66. The normalized spacial score (nSPS) is 20.9. The lowest BCUT2D eigenvalue weighted by Crippen LogP contribution is -2.27. The maximum absolute atomic E-state index is 8.78. The molecule has 0 saturated heterocycles. The van der Waals surface area contributed by atoms with E-state index in [1.54, 1.807) is 0 Å². The Bertz CT molecular complexity index is 983. The summed E-state index contributed by atoms with van der Waals surface area (Å²) in [4.78, 5) is 9.64. The van der Waals surface area contributed by atoms with Crippen LogP contribution in [0.4, 0.5) is 0 Å². The molecule has 140 valence electrons. The molecule has 0 bridgehead atoms. The van der Waals surface area contributed by atoms with Crippen LogP contribution in [0.1, 0.15) is 63.7 Å². The molecule has 0 radical (unpaired) electrons. The van der Waals surface area contributed by atoms with Gasteiger partial charge in [0, 0.05) is 36.4 Å². The number of hydrogen-bond donors (Lipinski definition) is 1. The van der Waals surface area contributed by atoms with Crippen LogP contribution in [0.25, 0.3) is 21.9 Å². The van der Waals surface area contributed by atoms with E-state index in [0.29, 0.717) is 24.4 Å². The monoisotopic (exact) mass is 361 g/mol. The average Bonchev–Trinajstić information content (AvgIpc) is 3.31. The van der Waals surface area contributed by atoms with Gasteiger partial charge in [-0.2, -0.15) is 5.26 Å². The highest BCUT2D eigenvalue weighted by atomic mass is 15.1. The van der Waals surface area contributed by atoms with Crippen LogP contribution < -0.4 is 5.32 Å². The molecule has 3 aromatic rings. The minimum absolute atomic E-state index is 0.418.